The van der Waals surface area contributed by atoms with Crippen molar-refractivity contribution >= 4 is 15.9 Å². The zero-order chi connectivity index (χ0) is 12.8. The van der Waals surface area contributed by atoms with Gasteiger partial charge in [-0.25, -0.2) is 0 Å². The largest absolute Gasteiger partial charge is 0.314 e. The third-order valence-electron chi connectivity index (χ3n) is 3.84. The summed E-state index contributed by atoms with van der Waals surface area (Å²) in [7, 11) is 0. The van der Waals surface area contributed by atoms with Crippen molar-refractivity contribution < 1.29 is 0 Å². The third-order valence-corrected chi connectivity index (χ3v) is 4.37. The van der Waals surface area contributed by atoms with Gasteiger partial charge in [-0.1, -0.05) is 35.0 Å². The van der Waals surface area contributed by atoms with Gasteiger partial charge in [0.1, 0.15) is 0 Å². The molecular weight excluding hydrogens is 288 g/mol. The average molecular weight is 311 g/mol. The number of piperazine rings is 1. The zero-order valence-electron chi connectivity index (χ0n) is 11.2. The monoisotopic (exact) mass is 310 g/mol. The van der Waals surface area contributed by atoms with Gasteiger partial charge in [0.05, 0.1) is 0 Å². The fraction of sp³-hybridized carbons (Fsp3) is 0.600. The predicted octanol–water partition coefficient (Wildman–Crippen LogP) is 3.24. The second-order valence-corrected chi connectivity index (χ2v) is 5.95. The van der Waals surface area contributed by atoms with Crippen LogP contribution in [0.4, 0.5) is 0 Å². The summed E-state index contributed by atoms with van der Waals surface area (Å²) in [4.78, 5) is 2.58. The summed E-state index contributed by atoms with van der Waals surface area (Å²) in [5, 5.41) is 3.41. The highest BCUT2D eigenvalue weighted by Gasteiger charge is 2.13. The van der Waals surface area contributed by atoms with E-state index in [4.69, 9.17) is 0 Å². The molecule has 1 aromatic rings. The molecule has 3 heteroatoms. The summed E-state index contributed by atoms with van der Waals surface area (Å²) in [5.41, 5.74) is 1.48. The lowest BCUT2D eigenvalue weighted by Crippen LogP contribution is -2.44. The molecule has 2 rings (SSSR count). The standard InChI is InChI=1S/C15H23BrN2/c1-2-13(14-3-5-15(16)6-4-14)7-10-18-11-8-17-9-12-18/h3-6,13,17H,2,7-12H2,1H3. The quantitative estimate of drug-likeness (QED) is 0.898. The number of benzene rings is 1. The molecule has 0 bridgehead atoms. The van der Waals surface area contributed by atoms with E-state index in [2.05, 4.69) is 57.3 Å². The van der Waals surface area contributed by atoms with Crippen molar-refractivity contribution in [2.45, 2.75) is 25.7 Å². The van der Waals surface area contributed by atoms with E-state index in [0.717, 1.165) is 13.1 Å². The lowest BCUT2D eigenvalue weighted by atomic mass is 9.93. The fourth-order valence-electron chi connectivity index (χ4n) is 2.61. The molecule has 0 radical (unpaired) electrons. The number of nitrogens with one attached hydrogen (secondary N) is 1. The molecule has 18 heavy (non-hydrogen) atoms. The molecule has 1 unspecified atom stereocenters. The highest BCUT2D eigenvalue weighted by Crippen LogP contribution is 2.25. The van der Waals surface area contributed by atoms with Gasteiger partial charge in [0.2, 0.25) is 0 Å². The van der Waals surface area contributed by atoms with Crippen molar-refractivity contribution in [2.75, 3.05) is 32.7 Å². The Morgan fingerprint density at radius 1 is 1.22 bits per heavy atom. The Morgan fingerprint density at radius 2 is 1.89 bits per heavy atom. The summed E-state index contributed by atoms with van der Waals surface area (Å²) >= 11 is 3.50. The molecule has 1 fully saturated rings. The maximum absolute atomic E-state index is 3.50. The van der Waals surface area contributed by atoms with Crippen molar-refractivity contribution in [3.05, 3.63) is 34.3 Å². The Balaban J connectivity index is 1.86. The first-order valence-electron chi connectivity index (χ1n) is 6.98. The first-order chi connectivity index (χ1) is 8.79. The smallest absolute Gasteiger partial charge is 0.0175 e. The van der Waals surface area contributed by atoms with Crippen LogP contribution in [0.15, 0.2) is 28.7 Å². The topological polar surface area (TPSA) is 15.3 Å². The van der Waals surface area contributed by atoms with Crippen molar-refractivity contribution in [3.8, 4) is 0 Å². The summed E-state index contributed by atoms with van der Waals surface area (Å²) in [5.74, 6) is 0.702. The summed E-state index contributed by atoms with van der Waals surface area (Å²) in [6.07, 6.45) is 2.51. The van der Waals surface area contributed by atoms with Crippen LogP contribution in [0.1, 0.15) is 31.2 Å². The molecule has 1 aliphatic rings. The first kappa shape index (κ1) is 14.0. The SMILES string of the molecule is CCC(CCN1CCNCC1)c1ccc(Br)cc1. The molecule has 0 aliphatic carbocycles. The molecule has 1 N–H and O–H groups in total. The normalized spacial score (nSPS) is 18.8. The van der Waals surface area contributed by atoms with E-state index in [1.54, 1.807) is 0 Å². The van der Waals surface area contributed by atoms with Crippen LogP contribution in [0.5, 0.6) is 0 Å². The van der Waals surface area contributed by atoms with Gasteiger partial charge in [-0.05, 0) is 43.0 Å². The Bertz CT molecular complexity index is 344. The van der Waals surface area contributed by atoms with Gasteiger partial charge in [0.25, 0.3) is 0 Å². The predicted molar refractivity (Wildman–Crippen MR) is 81.1 cm³/mol. The van der Waals surface area contributed by atoms with Crippen LogP contribution in [0.2, 0.25) is 0 Å². The van der Waals surface area contributed by atoms with Crippen LogP contribution in [0.25, 0.3) is 0 Å². The summed E-state index contributed by atoms with van der Waals surface area (Å²) in [6, 6.07) is 8.83. The summed E-state index contributed by atoms with van der Waals surface area (Å²) < 4.78 is 1.17. The molecule has 0 aromatic heterocycles. The van der Waals surface area contributed by atoms with Crippen molar-refractivity contribution in [1.82, 2.24) is 10.2 Å². The molecule has 0 saturated carbocycles. The number of rotatable bonds is 5. The molecule has 1 saturated heterocycles. The Labute approximate surface area is 119 Å². The van der Waals surface area contributed by atoms with Crippen molar-refractivity contribution in [2.24, 2.45) is 0 Å². The molecule has 2 nitrogen and oxygen atoms in total. The van der Waals surface area contributed by atoms with Crippen molar-refractivity contribution in [1.29, 1.82) is 0 Å². The molecule has 0 amide bonds. The van der Waals surface area contributed by atoms with Gasteiger partial charge in [0, 0.05) is 30.7 Å². The van der Waals surface area contributed by atoms with Gasteiger partial charge < -0.3 is 10.2 Å². The second kappa shape index (κ2) is 7.27. The van der Waals surface area contributed by atoms with Crippen LogP contribution in [0, 0.1) is 0 Å². The Morgan fingerprint density at radius 3 is 2.50 bits per heavy atom. The molecular formula is C15H23BrN2. The lowest BCUT2D eigenvalue weighted by molar-refractivity contribution is 0.232. The number of hydrogen-bond acceptors (Lipinski definition) is 2. The van der Waals surface area contributed by atoms with E-state index < -0.39 is 0 Å². The number of nitrogens with zero attached hydrogens (tertiary/aromatic N) is 1. The number of hydrogen-bond donors (Lipinski definition) is 1. The highest BCUT2D eigenvalue weighted by molar-refractivity contribution is 9.10. The van der Waals surface area contributed by atoms with E-state index in [1.807, 2.05) is 0 Å². The Hall–Kier alpha value is -0.380. The maximum Gasteiger partial charge on any atom is 0.0175 e. The van der Waals surface area contributed by atoms with E-state index in [1.165, 1.54) is 42.5 Å². The van der Waals surface area contributed by atoms with Crippen LogP contribution in [-0.4, -0.2) is 37.6 Å². The third kappa shape index (κ3) is 4.08. The number of halogens is 1. The van der Waals surface area contributed by atoms with Gasteiger partial charge in [-0.15, -0.1) is 0 Å². The maximum atomic E-state index is 3.50. The fourth-order valence-corrected chi connectivity index (χ4v) is 2.88. The minimum absolute atomic E-state index is 0.702. The zero-order valence-corrected chi connectivity index (χ0v) is 12.7. The molecule has 1 atom stereocenters. The van der Waals surface area contributed by atoms with Gasteiger partial charge >= 0.3 is 0 Å². The lowest BCUT2D eigenvalue weighted by Gasteiger charge is -2.28. The van der Waals surface area contributed by atoms with E-state index in [0.29, 0.717) is 5.92 Å². The highest BCUT2D eigenvalue weighted by atomic mass is 79.9. The Kier molecular flexibility index (Phi) is 5.67. The van der Waals surface area contributed by atoms with E-state index in [-0.39, 0.29) is 0 Å². The van der Waals surface area contributed by atoms with Crippen LogP contribution >= 0.6 is 15.9 Å². The van der Waals surface area contributed by atoms with E-state index >= 15 is 0 Å². The molecule has 1 aliphatic heterocycles. The molecule has 0 spiro atoms. The summed E-state index contributed by atoms with van der Waals surface area (Å²) in [6.45, 7) is 8.23. The second-order valence-electron chi connectivity index (χ2n) is 5.04. The van der Waals surface area contributed by atoms with Crippen LogP contribution in [-0.2, 0) is 0 Å². The van der Waals surface area contributed by atoms with Gasteiger partial charge in [-0.2, -0.15) is 0 Å². The molecule has 100 valence electrons. The van der Waals surface area contributed by atoms with E-state index in [9.17, 15) is 0 Å². The van der Waals surface area contributed by atoms with Gasteiger partial charge in [0.15, 0.2) is 0 Å². The van der Waals surface area contributed by atoms with Crippen LogP contribution < -0.4 is 5.32 Å². The molecule has 1 heterocycles. The first-order valence-corrected chi connectivity index (χ1v) is 7.77. The minimum Gasteiger partial charge on any atom is -0.314 e. The molecule has 1 aromatic carbocycles. The van der Waals surface area contributed by atoms with Crippen LogP contribution in [0.3, 0.4) is 0 Å². The average Bonchev–Trinajstić information content (AvgIpc) is 2.42. The van der Waals surface area contributed by atoms with Crippen molar-refractivity contribution in [3.63, 3.8) is 0 Å². The minimum atomic E-state index is 0.702. The van der Waals surface area contributed by atoms with Gasteiger partial charge in [-0.3, -0.25) is 0 Å².